The molecule has 6 nitrogen and oxygen atoms in total. The van der Waals surface area contributed by atoms with Gasteiger partial charge in [-0.05, 0) is 25.1 Å². The highest BCUT2D eigenvalue weighted by Crippen LogP contribution is 2.20. The largest absolute Gasteiger partial charge is 0.360 e. The third kappa shape index (κ3) is 3.37. The van der Waals surface area contributed by atoms with Crippen molar-refractivity contribution in [1.29, 1.82) is 0 Å². The van der Waals surface area contributed by atoms with Crippen molar-refractivity contribution in [2.24, 2.45) is 0 Å². The maximum Gasteiger partial charge on any atom is 0.257 e. The number of para-hydroxylation sites is 1. The Morgan fingerprint density at radius 2 is 1.92 bits per heavy atom. The van der Waals surface area contributed by atoms with Crippen molar-refractivity contribution in [1.82, 2.24) is 10.1 Å². The summed E-state index contributed by atoms with van der Waals surface area (Å²) in [5, 5.41) is 8.87. The standard InChI is InChI=1S/C16H12F2N4O2/c1-9-5-14(22-24-9)20-11-6-10(7-19-8-11)16(23)21-15-12(17)3-2-4-13(15)18/h2-8H,1H3,(H,20,22)(H,21,23). The summed E-state index contributed by atoms with van der Waals surface area (Å²) >= 11 is 0. The van der Waals surface area contributed by atoms with Crippen molar-refractivity contribution < 1.29 is 18.1 Å². The van der Waals surface area contributed by atoms with Crippen LogP contribution in [0.25, 0.3) is 0 Å². The number of rotatable bonds is 4. The molecule has 0 saturated heterocycles. The van der Waals surface area contributed by atoms with Gasteiger partial charge in [0.25, 0.3) is 5.91 Å². The number of carbonyl (C=O) groups is 1. The molecule has 3 rings (SSSR count). The summed E-state index contributed by atoms with van der Waals surface area (Å²) in [5.41, 5.74) is 0.0980. The number of amides is 1. The Balaban J connectivity index is 1.79. The van der Waals surface area contributed by atoms with E-state index in [9.17, 15) is 13.6 Å². The molecule has 8 heteroatoms. The molecule has 1 aromatic carbocycles. The van der Waals surface area contributed by atoms with Crippen molar-refractivity contribution in [2.75, 3.05) is 10.6 Å². The molecule has 3 aromatic rings. The fourth-order valence-electron chi connectivity index (χ4n) is 2.01. The molecule has 0 aliphatic carbocycles. The molecule has 0 aliphatic rings. The van der Waals surface area contributed by atoms with Gasteiger partial charge in [-0.2, -0.15) is 0 Å². The SMILES string of the molecule is Cc1cc(Nc2cncc(C(=O)Nc3c(F)cccc3F)c2)no1. The molecule has 0 unspecified atom stereocenters. The van der Waals surface area contributed by atoms with Gasteiger partial charge in [0, 0.05) is 12.3 Å². The second-order valence-corrected chi connectivity index (χ2v) is 4.96. The van der Waals surface area contributed by atoms with Crippen LogP contribution in [0.3, 0.4) is 0 Å². The number of nitrogens with zero attached hydrogens (tertiary/aromatic N) is 2. The highest BCUT2D eigenvalue weighted by Gasteiger charge is 2.14. The van der Waals surface area contributed by atoms with E-state index in [0.717, 1.165) is 12.1 Å². The smallest absolute Gasteiger partial charge is 0.257 e. The van der Waals surface area contributed by atoms with E-state index in [2.05, 4.69) is 20.8 Å². The number of nitrogens with one attached hydrogen (secondary N) is 2. The first kappa shape index (κ1) is 15.6. The molecule has 0 fully saturated rings. The fourth-order valence-corrected chi connectivity index (χ4v) is 2.01. The second kappa shape index (κ2) is 6.45. The Hall–Kier alpha value is -3.29. The van der Waals surface area contributed by atoms with Gasteiger partial charge in [-0.25, -0.2) is 8.78 Å². The zero-order valence-corrected chi connectivity index (χ0v) is 12.5. The zero-order valence-electron chi connectivity index (χ0n) is 12.5. The minimum absolute atomic E-state index is 0.128. The van der Waals surface area contributed by atoms with E-state index >= 15 is 0 Å². The quantitative estimate of drug-likeness (QED) is 0.763. The van der Waals surface area contributed by atoms with E-state index in [1.807, 2.05) is 0 Å². The van der Waals surface area contributed by atoms with Crippen molar-refractivity contribution in [3.8, 4) is 0 Å². The summed E-state index contributed by atoms with van der Waals surface area (Å²) in [6.45, 7) is 1.74. The van der Waals surface area contributed by atoms with Crippen LogP contribution in [0.1, 0.15) is 16.1 Å². The van der Waals surface area contributed by atoms with Crippen molar-refractivity contribution >= 4 is 23.1 Å². The monoisotopic (exact) mass is 330 g/mol. The number of benzene rings is 1. The maximum absolute atomic E-state index is 13.6. The Kier molecular flexibility index (Phi) is 4.19. The predicted molar refractivity (Wildman–Crippen MR) is 83.1 cm³/mol. The van der Waals surface area contributed by atoms with Crippen LogP contribution < -0.4 is 10.6 Å². The van der Waals surface area contributed by atoms with Gasteiger partial charge in [-0.3, -0.25) is 9.78 Å². The molecular weight excluding hydrogens is 318 g/mol. The number of halogens is 2. The van der Waals surface area contributed by atoms with Crippen LogP contribution in [0.2, 0.25) is 0 Å². The van der Waals surface area contributed by atoms with E-state index < -0.39 is 23.2 Å². The number of pyridine rings is 1. The lowest BCUT2D eigenvalue weighted by Gasteiger charge is -2.08. The highest BCUT2D eigenvalue weighted by molar-refractivity contribution is 6.04. The topological polar surface area (TPSA) is 80.0 Å². The number of aromatic nitrogens is 2. The molecule has 0 bridgehead atoms. The molecule has 1 amide bonds. The van der Waals surface area contributed by atoms with Crippen molar-refractivity contribution in [3.63, 3.8) is 0 Å². The minimum atomic E-state index is -0.858. The van der Waals surface area contributed by atoms with Crippen LogP contribution in [0.4, 0.5) is 26.0 Å². The molecule has 0 spiro atoms. The molecule has 0 aliphatic heterocycles. The van der Waals surface area contributed by atoms with Crippen LogP contribution in [0.5, 0.6) is 0 Å². The zero-order chi connectivity index (χ0) is 17.1. The summed E-state index contributed by atoms with van der Waals surface area (Å²) in [6.07, 6.45) is 2.76. The summed E-state index contributed by atoms with van der Waals surface area (Å²) < 4.78 is 32.1. The van der Waals surface area contributed by atoms with Crippen LogP contribution in [0.15, 0.2) is 47.2 Å². The molecule has 0 radical (unpaired) electrons. The normalized spacial score (nSPS) is 10.5. The second-order valence-electron chi connectivity index (χ2n) is 4.96. The Morgan fingerprint density at radius 1 is 1.17 bits per heavy atom. The summed E-state index contributed by atoms with van der Waals surface area (Å²) in [4.78, 5) is 16.1. The molecular formula is C16H12F2N4O2. The number of hydrogen-bond donors (Lipinski definition) is 2. The number of aryl methyl sites for hydroxylation is 1. The average molecular weight is 330 g/mol. The minimum Gasteiger partial charge on any atom is -0.360 e. The van der Waals surface area contributed by atoms with Crippen LogP contribution >= 0.6 is 0 Å². The average Bonchev–Trinajstić information content (AvgIpc) is 2.96. The lowest BCUT2D eigenvalue weighted by molar-refractivity contribution is 0.102. The first-order valence-electron chi connectivity index (χ1n) is 6.93. The highest BCUT2D eigenvalue weighted by atomic mass is 19.1. The first-order chi connectivity index (χ1) is 11.5. The Labute approximate surface area is 135 Å². The maximum atomic E-state index is 13.6. The molecule has 2 heterocycles. The van der Waals surface area contributed by atoms with Crippen molar-refractivity contribution in [3.05, 3.63) is 65.7 Å². The molecule has 0 saturated carbocycles. The van der Waals surface area contributed by atoms with Crippen LogP contribution in [-0.2, 0) is 0 Å². The van der Waals surface area contributed by atoms with Crippen LogP contribution in [0, 0.1) is 18.6 Å². The lowest BCUT2D eigenvalue weighted by Crippen LogP contribution is -2.14. The van der Waals surface area contributed by atoms with Crippen LogP contribution in [-0.4, -0.2) is 16.0 Å². The van der Waals surface area contributed by atoms with Gasteiger partial charge >= 0.3 is 0 Å². The van der Waals surface area contributed by atoms with Gasteiger partial charge in [-0.15, -0.1) is 0 Å². The molecule has 122 valence electrons. The molecule has 2 aromatic heterocycles. The molecule has 24 heavy (non-hydrogen) atoms. The molecule has 0 atom stereocenters. The predicted octanol–water partition coefficient (Wildman–Crippen LogP) is 3.65. The third-order valence-corrected chi connectivity index (χ3v) is 3.10. The number of anilines is 3. The van der Waals surface area contributed by atoms with E-state index in [1.165, 1.54) is 24.5 Å². The van der Waals surface area contributed by atoms with Gasteiger partial charge in [0.15, 0.2) is 5.82 Å². The number of hydrogen-bond acceptors (Lipinski definition) is 5. The first-order valence-corrected chi connectivity index (χ1v) is 6.93. The van der Waals surface area contributed by atoms with E-state index in [-0.39, 0.29) is 5.56 Å². The van der Waals surface area contributed by atoms with Gasteiger partial charge in [-0.1, -0.05) is 11.2 Å². The van der Waals surface area contributed by atoms with Gasteiger partial charge in [0.2, 0.25) is 0 Å². The Bertz CT molecular complexity index is 875. The van der Waals surface area contributed by atoms with Gasteiger partial charge < -0.3 is 15.2 Å². The summed E-state index contributed by atoms with van der Waals surface area (Å²) in [5.74, 6) is -1.33. The van der Waals surface area contributed by atoms with Gasteiger partial charge in [0.05, 0.1) is 17.4 Å². The van der Waals surface area contributed by atoms with Gasteiger partial charge in [0.1, 0.15) is 23.1 Å². The van der Waals surface area contributed by atoms with E-state index in [0.29, 0.717) is 17.3 Å². The van der Waals surface area contributed by atoms with E-state index in [4.69, 9.17) is 4.52 Å². The molecule has 2 N–H and O–H groups in total. The fraction of sp³-hybridized carbons (Fsp3) is 0.0625. The third-order valence-electron chi connectivity index (χ3n) is 3.10. The summed E-state index contributed by atoms with van der Waals surface area (Å²) in [6, 6.07) is 6.47. The lowest BCUT2D eigenvalue weighted by atomic mass is 10.2. The van der Waals surface area contributed by atoms with Crippen molar-refractivity contribution in [2.45, 2.75) is 6.92 Å². The Morgan fingerprint density at radius 3 is 2.58 bits per heavy atom. The summed E-state index contributed by atoms with van der Waals surface area (Å²) in [7, 11) is 0. The van der Waals surface area contributed by atoms with E-state index in [1.54, 1.807) is 13.0 Å². The number of carbonyl (C=O) groups excluding carboxylic acids is 1.